The monoisotopic (exact) mass is 406 g/mol. The number of aliphatic hydroxyl groups is 1. The molecule has 2 aromatic heterocycles. The van der Waals surface area contributed by atoms with Crippen LogP contribution < -0.4 is 10.1 Å². The minimum Gasteiger partial charge on any atom is -0.456 e. The first-order valence-corrected chi connectivity index (χ1v) is 10.1. The van der Waals surface area contributed by atoms with Gasteiger partial charge < -0.3 is 29.6 Å². The van der Waals surface area contributed by atoms with Crippen molar-refractivity contribution in [1.29, 1.82) is 0 Å². The maximum atomic E-state index is 9.84. The third-order valence-electron chi connectivity index (χ3n) is 5.52. The van der Waals surface area contributed by atoms with E-state index in [1.54, 1.807) is 6.07 Å². The van der Waals surface area contributed by atoms with E-state index < -0.39 is 6.10 Å². The minimum absolute atomic E-state index is 0.262. The molecule has 2 aliphatic heterocycles. The molecule has 3 aliphatic rings. The number of hydrogen-bond donors (Lipinski definition) is 3. The normalized spacial score (nSPS) is 29.7. The summed E-state index contributed by atoms with van der Waals surface area (Å²) >= 11 is 6.39. The van der Waals surface area contributed by atoms with Crippen LogP contribution in [0.25, 0.3) is 11.2 Å². The summed E-state index contributed by atoms with van der Waals surface area (Å²) in [6, 6.07) is 2.13. The van der Waals surface area contributed by atoms with Crippen LogP contribution in [0.15, 0.2) is 17.7 Å². The van der Waals surface area contributed by atoms with Crippen molar-refractivity contribution in [3.63, 3.8) is 0 Å². The molecule has 2 aromatic rings. The van der Waals surface area contributed by atoms with Crippen molar-refractivity contribution in [2.45, 2.75) is 50.1 Å². The molecule has 2 fully saturated rings. The summed E-state index contributed by atoms with van der Waals surface area (Å²) in [7, 11) is 0. The molecule has 3 N–H and O–H groups in total. The lowest BCUT2D eigenvalue weighted by Crippen LogP contribution is -2.34. The molecular formula is C19H23ClN4O4. The van der Waals surface area contributed by atoms with E-state index in [2.05, 4.69) is 26.3 Å². The van der Waals surface area contributed by atoms with Crippen molar-refractivity contribution in [3.05, 3.63) is 22.7 Å². The quantitative estimate of drug-likeness (QED) is 0.655. The maximum absolute atomic E-state index is 9.84. The Hall–Kier alpha value is -1.87. The van der Waals surface area contributed by atoms with Crippen molar-refractivity contribution in [2.75, 3.05) is 25.1 Å². The molecular weight excluding hydrogens is 384 g/mol. The predicted octanol–water partition coefficient (Wildman–Crippen LogP) is 2.43. The van der Waals surface area contributed by atoms with Gasteiger partial charge in [0, 0.05) is 6.54 Å². The van der Waals surface area contributed by atoms with Crippen LogP contribution in [0.4, 0.5) is 5.82 Å². The number of ether oxygens (including phenoxy) is 3. The van der Waals surface area contributed by atoms with Crippen molar-refractivity contribution >= 4 is 28.6 Å². The molecule has 1 aliphatic carbocycles. The molecule has 0 radical (unpaired) electrons. The Balaban J connectivity index is 1.30. The van der Waals surface area contributed by atoms with Gasteiger partial charge in [0.2, 0.25) is 0 Å². The molecule has 28 heavy (non-hydrogen) atoms. The largest absolute Gasteiger partial charge is 0.456 e. The van der Waals surface area contributed by atoms with E-state index in [-0.39, 0.29) is 24.9 Å². The fourth-order valence-corrected chi connectivity index (χ4v) is 4.24. The first-order valence-electron chi connectivity index (χ1n) is 9.73. The Morgan fingerprint density at radius 1 is 1.25 bits per heavy atom. The van der Waals surface area contributed by atoms with Crippen LogP contribution in [-0.2, 0) is 9.47 Å². The number of rotatable bonds is 5. The highest BCUT2D eigenvalue weighted by molar-refractivity contribution is 6.33. The fraction of sp³-hybridized carbons (Fsp3) is 0.579. The summed E-state index contributed by atoms with van der Waals surface area (Å²) in [4.78, 5) is 12.1. The molecule has 0 unspecified atom stereocenters. The third kappa shape index (κ3) is 3.45. The zero-order valence-electron chi connectivity index (χ0n) is 15.4. The van der Waals surface area contributed by atoms with Crippen LogP contribution in [0.2, 0.25) is 5.02 Å². The Kier molecular flexibility index (Phi) is 4.88. The molecule has 4 atom stereocenters. The number of fused-ring (bicyclic) bond motifs is 2. The van der Waals surface area contributed by atoms with Crippen LogP contribution in [0.5, 0.6) is 6.01 Å². The van der Waals surface area contributed by atoms with Crippen molar-refractivity contribution in [2.24, 2.45) is 0 Å². The van der Waals surface area contributed by atoms with Crippen LogP contribution in [-0.4, -0.2) is 64.2 Å². The summed E-state index contributed by atoms with van der Waals surface area (Å²) in [5.74, 6) is 0.616. The van der Waals surface area contributed by atoms with Gasteiger partial charge in [0.05, 0.1) is 23.8 Å². The Bertz CT molecular complexity index is 901. The average Bonchev–Trinajstić information content (AvgIpc) is 3.38. The zero-order valence-corrected chi connectivity index (χ0v) is 16.1. The second-order valence-corrected chi connectivity index (χ2v) is 7.92. The first-order chi connectivity index (χ1) is 13.7. The number of anilines is 1. The van der Waals surface area contributed by atoms with Gasteiger partial charge in [-0.05, 0) is 31.7 Å². The number of hydrogen-bond acceptors (Lipinski definition) is 7. The Morgan fingerprint density at radius 2 is 2.14 bits per heavy atom. The number of pyridine rings is 1. The smallest absolute Gasteiger partial charge is 0.296 e. The standard InChI is InChI=1S/C19H23ClN4O4/c20-11-6-12-18(23-17(11)21-7-10-4-2-1-3-5-10)24-19(22-12)28-14-9-27-15-13(25)8-26-16(14)15/h4,6,13-16,25H,1-3,5,7-9H2,(H2,21,22,23,24)/t13-,14-,15-,16-/m1/s1. The van der Waals surface area contributed by atoms with Crippen LogP contribution in [0.1, 0.15) is 25.7 Å². The molecule has 0 bridgehead atoms. The number of nitrogens with one attached hydrogen (secondary N) is 2. The van der Waals surface area contributed by atoms with E-state index in [9.17, 15) is 5.11 Å². The van der Waals surface area contributed by atoms with Gasteiger partial charge in [-0.1, -0.05) is 23.3 Å². The van der Waals surface area contributed by atoms with E-state index in [0.29, 0.717) is 34.6 Å². The Labute approximate surface area is 167 Å². The molecule has 8 nitrogen and oxygen atoms in total. The second kappa shape index (κ2) is 7.51. The van der Waals surface area contributed by atoms with E-state index in [0.717, 1.165) is 19.4 Å². The summed E-state index contributed by atoms with van der Waals surface area (Å²) < 4.78 is 17.1. The molecule has 9 heteroatoms. The number of nitrogens with zero attached hydrogens (tertiary/aromatic N) is 2. The van der Waals surface area contributed by atoms with Gasteiger partial charge in [-0.3, -0.25) is 0 Å². The third-order valence-corrected chi connectivity index (χ3v) is 5.81. The van der Waals surface area contributed by atoms with Gasteiger partial charge in [-0.15, -0.1) is 0 Å². The molecule has 0 saturated carbocycles. The second-order valence-electron chi connectivity index (χ2n) is 7.51. The lowest BCUT2D eigenvalue weighted by atomic mass is 10.00. The van der Waals surface area contributed by atoms with Gasteiger partial charge in [0.1, 0.15) is 24.1 Å². The van der Waals surface area contributed by atoms with Gasteiger partial charge in [-0.2, -0.15) is 4.98 Å². The van der Waals surface area contributed by atoms with E-state index in [1.807, 2.05) is 0 Å². The summed E-state index contributed by atoms with van der Waals surface area (Å²) in [6.07, 6.45) is 5.50. The summed E-state index contributed by atoms with van der Waals surface area (Å²) in [5, 5.41) is 13.7. The molecule has 0 spiro atoms. The number of aromatic nitrogens is 3. The fourth-order valence-electron chi connectivity index (χ4n) is 4.03. The number of aromatic amines is 1. The van der Waals surface area contributed by atoms with Gasteiger partial charge in [0.25, 0.3) is 6.01 Å². The molecule has 2 saturated heterocycles. The van der Waals surface area contributed by atoms with E-state index >= 15 is 0 Å². The minimum atomic E-state index is -0.609. The maximum Gasteiger partial charge on any atom is 0.296 e. The average molecular weight is 407 g/mol. The van der Waals surface area contributed by atoms with Crippen molar-refractivity contribution in [3.8, 4) is 6.01 Å². The van der Waals surface area contributed by atoms with Crippen molar-refractivity contribution in [1.82, 2.24) is 15.0 Å². The van der Waals surface area contributed by atoms with Crippen LogP contribution in [0.3, 0.4) is 0 Å². The number of H-pyrrole nitrogens is 1. The number of allylic oxidation sites excluding steroid dienone is 1. The topological polar surface area (TPSA) is 102 Å². The SMILES string of the molecule is O[C@@H]1CO[C@H]2[C@@H]1OC[C@H]2Oc1nc2nc(NCC3=CCCCC3)c(Cl)cc2[nH]1. The van der Waals surface area contributed by atoms with Crippen LogP contribution >= 0.6 is 11.6 Å². The van der Waals surface area contributed by atoms with Crippen molar-refractivity contribution < 1.29 is 19.3 Å². The lowest BCUT2D eigenvalue weighted by Gasteiger charge is -2.15. The molecule has 5 rings (SSSR count). The van der Waals surface area contributed by atoms with Gasteiger partial charge in [-0.25, -0.2) is 4.98 Å². The summed E-state index contributed by atoms with van der Waals surface area (Å²) in [6.45, 7) is 1.35. The van der Waals surface area contributed by atoms with Gasteiger partial charge >= 0.3 is 0 Å². The predicted molar refractivity (Wildman–Crippen MR) is 104 cm³/mol. The highest BCUT2D eigenvalue weighted by atomic mass is 35.5. The highest BCUT2D eigenvalue weighted by Gasteiger charge is 2.48. The van der Waals surface area contributed by atoms with Crippen LogP contribution in [0, 0.1) is 0 Å². The summed E-state index contributed by atoms with van der Waals surface area (Å²) in [5.41, 5.74) is 2.62. The Morgan fingerprint density at radius 3 is 3.00 bits per heavy atom. The lowest BCUT2D eigenvalue weighted by molar-refractivity contribution is 0.00706. The molecule has 4 heterocycles. The van der Waals surface area contributed by atoms with E-state index in [4.69, 9.17) is 25.8 Å². The number of aliphatic hydroxyl groups excluding tert-OH is 1. The number of imidazole rings is 1. The molecule has 0 aromatic carbocycles. The highest BCUT2D eigenvalue weighted by Crippen LogP contribution is 2.31. The van der Waals surface area contributed by atoms with Gasteiger partial charge in [0.15, 0.2) is 11.8 Å². The van der Waals surface area contributed by atoms with E-state index in [1.165, 1.54) is 18.4 Å². The zero-order chi connectivity index (χ0) is 19.1. The number of halogens is 1. The first kappa shape index (κ1) is 18.2. The molecule has 150 valence electrons. The molecule has 0 amide bonds.